The van der Waals surface area contributed by atoms with Gasteiger partial charge in [-0.1, -0.05) is 74.0 Å². The highest BCUT2D eigenvalue weighted by molar-refractivity contribution is 6.85. The molecular weight excluding hydrogens is 212 g/mol. The molecule has 0 aromatic carbocycles. The van der Waals surface area contributed by atoms with Crippen molar-refractivity contribution in [3.05, 3.63) is 34.7 Å². The number of hydrogen-bond acceptors (Lipinski definition) is 0. The van der Waals surface area contributed by atoms with Gasteiger partial charge in [0.05, 0.1) is 16.1 Å². The van der Waals surface area contributed by atoms with Crippen LogP contribution in [0.5, 0.6) is 0 Å². The molecule has 84 valence electrons. The zero-order chi connectivity index (χ0) is 11.7. The van der Waals surface area contributed by atoms with E-state index >= 15 is 0 Å². The third-order valence-corrected chi connectivity index (χ3v) is 7.23. The van der Waals surface area contributed by atoms with Crippen LogP contribution >= 0.6 is 0 Å². The molecule has 1 rings (SSSR count). The van der Waals surface area contributed by atoms with E-state index in [1.54, 1.807) is 10.4 Å². The molecule has 1 aliphatic rings. The maximum Gasteiger partial charge on any atom is 0.0775 e. The summed E-state index contributed by atoms with van der Waals surface area (Å²) in [4.78, 5) is 0. The van der Waals surface area contributed by atoms with Gasteiger partial charge < -0.3 is 0 Å². The van der Waals surface area contributed by atoms with Crippen LogP contribution in [0.15, 0.2) is 34.7 Å². The zero-order valence-corrected chi connectivity index (χ0v) is 13.0. The topological polar surface area (TPSA) is 0 Å². The highest BCUT2D eigenvalue weighted by atomic mass is 28.3. The van der Waals surface area contributed by atoms with Crippen molar-refractivity contribution in [1.82, 2.24) is 0 Å². The Morgan fingerprint density at radius 2 is 1.53 bits per heavy atom. The van der Waals surface area contributed by atoms with Gasteiger partial charge in [0.2, 0.25) is 0 Å². The fraction of sp³-hybridized carbons (Fsp3) is 0.538. The summed E-state index contributed by atoms with van der Waals surface area (Å²) in [6.45, 7) is 14.6. The Kier molecular flexibility index (Phi) is 3.61. The highest BCUT2D eigenvalue weighted by Crippen LogP contribution is 2.26. The van der Waals surface area contributed by atoms with Crippen molar-refractivity contribution in [3.8, 4) is 0 Å². The normalized spacial score (nSPS) is 18.3. The smallest absolute Gasteiger partial charge is 0.0775 e. The van der Waals surface area contributed by atoms with E-state index in [-0.39, 0.29) is 0 Å². The van der Waals surface area contributed by atoms with Crippen LogP contribution in [0.25, 0.3) is 0 Å². The minimum atomic E-state index is -1.15. The molecule has 0 aromatic rings. The lowest BCUT2D eigenvalue weighted by molar-refractivity contribution is 1.31. The molecule has 0 atom stereocenters. The minimum absolute atomic E-state index is 1.12. The maximum absolute atomic E-state index is 2.51. The van der Waals surface area contributed by atoms with Gasteiger partial charge in [-0.05, 0) is 6.42 Å². The molecule has 0 fully saturated rings. The Morgan fingerprint density at radius 1 is 0.933 bits per heavy atom. The molecule has 0 saturated heterocycles. The van der Waals surface area contributed by atoms with Gasteiger partial charge in [-0.2, -0.15) is 0 Å². The van der Waals surface area contributed by atoms with Crippen molar-refractivity contribution in [2.75, 3.05) is 0 Å². The van der Waals surface area contributed by atoms with Gasteiger partial charge in [-0.25, -0.2) is 0 Å². The van der Waals surface area contributed by atoms with Crippen molar-refractivity contribution in [3.63, 3.8) is 0 Å². The first-order valence-corrected chi connectivity index (χ1v) is 12.8. The zero-order valence-electron chi connectivity index (χ0n) is 11.0. The molecule has 0 bridgehead atoms. The van der Waals surface area contributed by atoms with Crippen LogP contribution in [0.4, 0.5) is 0 Å². The second-order valence-electron chi connectivity index (χ2n) is 6.42. The van der Waals surface area contributed by atoms with Crippen LogP contribution in [-0.4, -0.2) is 16.1 Å². The second kappa shape index (κ2) is 4.26. The number of hydrogen-bond donors (Lipinski definition) is 0. The molecule has 1 aliphatic carbocycles. The summed E-state index contributed by atoms with van der Waals surface area (Å²) >= 11 is 0. The summed E-state index contributed by atoms with van der Waals surface area (Å²) in [7, 11) is -2.27. The minimum Gasteiger partial charge on any atom is -0.0809 e. The first-order chi connectivity index (χ1) is 6.71. The molecule has 0 saturated carbocycles. The predicted molar refractivity (Wildman–Crippen MR) is 76.6 cm³/mol. The summed E-state index contributed by atoms with van der Waals surface area (Å²) in [5.74, 6) is 0. The van der Waals surface area contributed by atoms with E-state index < -0.39 is 16.1 Å². The molecule has 0 heterocycles. The van der Waals surface area contributed by atoms with E-state index in [2.05, 4.69) is 63.6 Å². The summed E-state index contributed by atoms with van der Waals surface area (Å²) in [5.41, 5.74) is 0. The molecule has 0 N–H and O–H groups in total. The number of allylic oxidation sites excluding steroid dienone is 6. The Labute approximate surface area is 96.8 Å². The number of rotatable bonds is 2. The molecule has 0 nitrogen and oxygen atoms in total. The standard InChI is InChI=1S/C13H24Si2/c1-14(2,3)12-9-7-8-10-13(11-12)15(4,5)6/h7-9,11H,10H2,1-6H3. The van der Waals surface area contributed by atoms with Gasteiger partial charge in [0.25, 0.3) is 0 Å². The van der Waals surface area contributed by atoms with Crippen LogP contribution in [0.2, 0.25) is 39.3 Å². The summed E-state index contributed by atoms with van der Waals surface area (Å²) in [5, 5.41) is 3.30. The third kappa shape index (κ3) is 3.61. The van der Waals surface area contributed by atoms with Crippen molar-refractivity contribution < 1.29 is 0 Å². The fourth-order valence-corrected chi connectivity index (χ4v) is 4.32. The van der Waals surface area contributed by atoms with Crippen LogP contribution in [0.1, 0.15) is 6.42 Å². The van der Waals surface area contributed by atoms with E-state index in [1.165, 1.54) is 6.42 Å². The van der Waals surface area contributed by atoms with Gasteiger partial charge in [-0.15, -0.1) is 0 Å². The van der Waals surface area contributed by atoms with E-state index in [1.807, 2.05) is 0 Å². The molecule has 2 heteroatoms. The van der Waals surface area contributed by atoms with E-state index in [4.69, 9.17) is 0 Å². The van der Waals surface area contributed by atoms with Crippen LogP contribution in [0, 0.1) is 0 Å². The van der Waals surface area contributed by atoms with E-state index in [9.17, 15) is 0 Å². The summed E-state index contributed by atoms with van der Waals surface area (Å²) in [6.07, 6.45) is 10.6. The summed E-state index contributed by atoms with van der Waals surface area (Å²) in [6, 6.07) is 0. The van der Waals surface area contributed by atoms with Crippen LogP contribution < -0.4 is 0 Å². The second-order valence-corrected chi connectivity index (χ2v) is 16.6. The van der Waals surface area contributed by atoms with Crippen molar-refractivity contribution in [1.29, 1.82) is 0 Å². The van der Waals surface area contributed by atoms with Crippen LogP contribution in [-0.2, 0) is 0 Å². The van der Waals surface area contributed by atoms with Crippen molar-refractivity contribution in [2.24, 2.45) is 0 Å². The lowest BCUT2D eigenvalue weighted by Gasteiger charge is -2.23. The Morgan fingerprint density at radius 3 is 2.00 bits per heavy atom. The van der Waals surface area contributed by atoms with Gasteiger partial charge in [0.15, 0.2) is 0 Å². The maximum atomic E-state index is 2.51. The lowest BCUT2D eigenvalue weighted by atomic mass is 10.4. The molecule has 0 aliphatic heterocycles. The average Bonchev–Trinajstić information content (AvgIpc) is 2.24. The Hall–Kier alpha value is -0.346. The summed E-state index contributed by atoms with van der Waals surface area (Å²) < 4.78 is 0. The largest absolute Gasteiger partial charge is 0.0809 e. The van der Waals surface area contributed by atoms with Crippen LogP contribution in [0.3, 0.4) is 0 Å². The lowest BCUT2D eigenvalue weighted by Crippen LogP contribution is -2.27. The highest BCUT2D eigenvalue weighted by Gasteiger charge is 2.23. The van der Waals surface area contributed by atoms with Gasteiger partial charge in [0.1, 0.15) is 0 Å². The fourth-order valence-electron chi connectivity index (χ4n) is 1.65. The first-order valence-electron chi connectivity index (χ1n) is 5.79. The Bertz CT molecular complexity index is 319. The molecule has 0 amide bonds. The van der Waals surface area contributed by atoms with Crippen molar-refractivity contribution in [2.45, 2.75) is 45.7 Å². The molecular formula is C13H24Si2. The van der Waals surface area contributed by atoms with Gasteiger partial charge in [0, 0.05) is 0 Å². The quantitative estimate of drug-likeness (QED) is 0.617. The SMILES string of the molecule is C[Si](C)(C)C1=CC=CCC([Si](C)(C)C)=C1. The van der Waals surface area contributed by atoms with Gasteiger partial charge >= 0.3 is 0 Å². The first kappa shape index (κ1) is 12.7. The monoisotopic (exact) mass is 236 g/mol. The van der Waals surface area contributed by atoms with Gasteiger partial charge in [-0.3, -0.25) is 0 Å². The molecule has 0 unspecified atom stereocenters. The van der Waals surface area contributed by atoms with E-state index in [0.717, 1.165) is 0 Å². The molecule has 15 heavy (non-hydrogen) atoms. The molecule has 0 radical (unpaired) electrons. The van der Waals surface area contributed by atoms with Crippen molar-refractivity contribution >= 4 is 16.1 Å². The average molecular weight is 237 g/mol. The predicted octanol–water partition coefficient (Wildman–Crippen LogP) is 4.55. The van der Waals surface area contributed by atoms with E-state index in [0.29, 0.717) is 0 Å². The Balaban J connectivity index is 3.09. The molecule has 0 aromatic heterocycles. The molecule has 0 spiro atoms. The third-order valence-electron chi connectivity index (χ3n) is 2.91.